The fraction of sp³-hybridized carbons (Fsp3) is 0.615. The van der Waals surface area contributed by atoms with Gasteiger partial charge in [-0.3, -0.25) is 9.69 Å². The highest BCUT2D eigenvalue weighted by Crippen LogP contribution is 2.35. The van der Waals surface area contributed by atoms with Gasteiger partial charge >= 0.3 is 5.97 Å². The summed E-state index contributed by atoms with van der Waals surface area (Å²) in [5.74, 6) is -0.715. The smallest absolute Gasteiger partial charge is 0.325 e. The van der Waals surface area contributed by atoms with Crippen molar-refractivity contribution in [3.8, 4) is 0 Å². The van der Waals surface area contributed by atoms with Gasteiger partial charge in [-0.2, -0.15) is 0 Å². The fourth-order valence-corrected chi connectivity index (χ4v) is 3.57. The Labute approximate surface area is 106 Å². The van der Waals surface area contributed by atoms with Crippen molar-refractivity contribution in [3.05, 3.63) is 21.9 Å². The van der Waals surface area contributed by atoms with E-state index < -0.39 is 12.0 Å². The summed E-state index contributed by atoms with van der Waals surface area (Å²) in [5.41, 5.74) is 1.01. The highest BCUT2D eigenvalue weighted by atomic mass is 32.1. The number of carboxylic acid groups (broad SMARTS) is 1. The van der Waals surface area contributed by atoms with Crippen LogP contribution in [0.3, 0.4) is 0 Å². The highest BCUT2D eigenvalue weighted by molar-refractivity contribution is 7.10. The third kappa shape index (κ3) is 2.38. The van der Waals surface area contributed by atoms with Gasteiger partial charge in [0.1, 0.15) is 6.04 Å². The molecule has 94 valence electrons. The van der Waals surface area contributed by atoms with Crippen LogP contribution >= 0.6 is 11.3 Å². The monoisotopic (exact) mass is 253 g/mol. The van der Waals surface area contributed by atoms with Gasteiger partial charge in [-0.25, -0.2) is 0 Å². The molecule has 4 heteroatoms. The molecule has 1 aromatic heterocycles. The molecule has 1 aliphatic heterocycles. The van der Waals surface area contributed by atoms with Crippen molar-refractivity contribution in [2.45, 2.75) is 45.2 Å². The maximum Gasteiger partial charge on any atom is 0.325 e. The lowest BCUT2D eigenvalue weighted by atomic mass is 9.97. The van der Waals surface area contributed by atoms with Crippen LogP contribution in [0.4, 0.5) is 0 Å². The van der Waals surface area contributed by atoms with Crippen LogP contribution in [0.2, 0.25) is 0 Å². The number of thiophene rings is 1. The number of carboxylic acids is 1. The average molecular weight is 253 g/mol. The fourth-order valence-electron chi connectivity index (χ4n) is 2.67. The summed E-state index contributed by atoms with van der Waals surface area (Å²) >= 11 is 1.68. The summed E-state index contributed by atoms with van der Waals surface area (Å²) < 4.78 is 0. The summed E-state index contributed by atoms with van der Waals surface area (Å²) in [6.07, 6.45) is 3.15. The maximum atomic E-state index is 11.5. The van der Waals surface area contributed by atoms with Gasteiger partial charge in [0.25, 0.3) is 0 Å². The second-order valence-electron chi connectivity index (χ2n) is 4.67. The molecule has 0 radical (unpaired) electrons. The van der Waals surface area contributed by atoms with Gasteiger partial charge in [0.05, 0.1) is 0 Å². The van der Waals surface area contributed by atoms with Gasteiger partial charge in [0.2, 0.25) is 0 Å². The van der Waals surface area contributed by atoms with Crippen LogP contribution < -0.4 is 0 Å². The minimum absolute atomic E-state index is 0.342. The molecule has 17 heavy (non-hydrogen) atoms. The first-order valence-corrected chi connectivity index (χ1v) is 7.08. The average Bonchev–Trinajstić information content (AvgIpc) is 2.75. The molecule has 2 atom stereocenters. The molecule has 2 heterocycles. The highest BCUT2D eigenvalue weighted by Gasteiger charge is 2.35. The van der Waals surface area contributed by atoms with Crippen molar-refractivity contribution in [1.29, 1.82) is 0 Å². The Kier molecular flexibility index (Phi) is 3.84. The molecule has 1 aromatic rings. The summed E-state index contributed by atoms with van der Waals surface area (Å²) in [4.78, 5) is 14.9. The molecule has 0 saturated heterocycles. The molecule has 0 spiro atoms. The number of fused-ring (bicyclic) bond motifs is 1. The Balaban J connectivity index is 2.27. The van der Waals surface area contributed by atoms with Crippen molar-refractivity contribution in [1.82, 2.24) is 4.90 Å². The largest absolute Gasteiger partial charge is 0.480 e. The predicted octanol–water partition coefficient (Wildman–Crippen LogP) is 2.92. The molecule has 0 bridgehead atoms. The van der Waals surface area contributed by atoms with Gasteiger partial charge in [-0.1, -0.05) is 13.3 Å². The number of carbonyl (C=O) groups is 1. The standard InChI is InChI=1S/C13H19NO2S/c1-3-4-9(2)14-7-5-11-10(6-8-17-11)12(14)13(15)16/h6,8-9,12H,3-5,7H2,1-2H3,(H,15,16). The molecule has 0 fully saturated rings. The second kappa shape index (κ2) is 5.19. The molecule has 1 aliphatic rings. The first kappa shape index (κ1) is 12.6. The van der Waals surface area contributed by atoms with E-state index in [1.165, 1.54) is 4.88 Å². The Morgan fingerprint density at radius 1 is 1.71 bits per heavy atom. The zero-order valence-corrected chi connectivity index (χ0v) is 11.2. The van der Waals surface area contributed by atoms with Gasteiger partial charge in [0, 0.05) is 17.5 Å². The molecular weight excluding hydrogens is 234 g/mol. The summed E-state index contributed by atoms with van der Waals surface area (Å²) in [7, 11) is 0. The molecule has 0 aromatic carbocycles. The van der Waals surface area contributed by atoms with Gasteiger partial charge < -0.3 is 5.11 Å². The van der Waals surface area contributed by atoms with Gasteiger partial charge in [0.15, 0.2) is 0 Å². The second-order valence-corrected chi connectivity index (χ2v) is 5.67. The summed E-state index contributed by atoms with van der Waals surface area (Å²) in [6.45, 7) is 5.15. The molecule has 2 unspecified atom stereocenters. The minimum atomic E-state index is -0.715. The Morgan fingerprint density at radius 2 is 2.47 bits per heavy atom. The van der Waals surface area contributed by atoms with Crippen LogP contribution in [0.5, 0.6) is 0 Å². The Morgan fingerprint density at radius 3 is 3.12 bits per heavy atom. The van der Waals surface area contributed by atoms with Crippen LogP contribution in [0.15, 0.2) is 11.4 Å². The lowest BCUT2D eigenvalue weighted by Gasteiger charge is -2.37. The summed E-state index contributed by atoms with van der Waals surface area (Å²) in [5, 5.41) is 11.5. The molecular formula is C13H19NO2S. The number of nitrogens with zero attached hydrogens (tertiary/aromatic N) is 1. The normalized spacial score (nSPS) is 22.1. The Hall–Kier alpha value is -0.870. The van der Waals surface area contributed by atoms with Crippen LogP contribution in [0.25, 0.3) is 0 Å². The molecule has 0 saturated carbocycles. The SMILES string of the molecule is CCCC(C)N1CCc2sccc2C1C(=O)O. The molecule has 0 aliphatic carbocycles. The molecule has 3 nitrogen and oxygen atoms in total. The maximum absolute atomic E-state index is 11.5. The molecule has 2 rings (SSSR count). The quantitative estimate of drug-likeness (QED) is 0.897. The number of rotatable bonds is 4. The third-order valence-electron chi connectivity index (χ3n) is 3.51. The zero-order valence-electron chi connectivity index (χ0n) is 10.3. The van der Waals surface area contributed by atoms with E-state index in [9.17, 15) is 9.90 Å². The molecule has 0 amide bonds. The first-order chi connectivity index (χ1) is 8.15. The van der Waals surface area contributed by atoms with Crippen LogP contribution in [-0.4, -0.2) is 28.6 Å². The third-order valence-corrected chi connectivity index (χ3v) is 4.51. The zero-order chi connectivity index (χ0) is 12.4. The van der Waals surface area contributed by atoms with Crippen LogP contribution in [0.1, 0.15) is 43.2 Å². The lowest BCUT2D eigenvalue weighted by molar-refractivity contribution is -0.145. The van der Waals surface area contributed by atoms with Crippen LogP contribution in [0, 0.1) is 0 Å². The topological polar surface area (TPSA) is 40.5 Å². The number of aliphatic carboxylic acids is 1. The minimum Gasteiger partial charge on any atom is -0.480 e. The van der Waals surface area contributed by atoms with E-state index in [1.807, 2.05) is 11.4 Å². The molecule has 1 N–H and O–H groups in total. The number of hydrogen-bond donors (Lipinski definition) is 1. The van der Waals surface area contributed by atoms with Crippen LogP contribution in [-0.2, 0) is 11.2 Å². The predicted molar refractivity (Wildman–Crippen MR) is 69.5 cm³/mol. The lowest BCUT2D eigenvalue weighted by Crippen LogP contribution is -2.44. The van der Waals surface area contributed by atoms with E-state index in [0.29, 0.717) is 6.04 Å². The Bertz CT molecular complexity index is 402. The van der Waals surface area contributed by atoms with Crippen molar-refractivity contribution < 1.29 is 9.90 Å². The van der Waals surface area contributed by atoms with E-state index in [-0.39, 0.29) is 0 Å². The van der Waals surface area contributed by atoms with Crippen molar-refractivity contribution in [2.75, 3.05) is 6.54 Å². The number of hydrogen-bond acceptors (Lipinski definition) is 3. The van der Waals surface area contributed by atoms with Crippen molar-refractivity contribution in [3.63, 3.8) is 0 Å². The first-order valence-electron chi connectivity index (χ1n) is 6.20. The summed E-state index contributed by atoms with van der Waals surface area (Å²) in [6, 6.07) is 1.88. The van der Waals surface area contributed by atoms with E-state index in [4.69, 9.17) is 0 Å². The van der Waals surface area contributed by atoms with E-state index in [1.54, 1.807) is 11.3 Å². The van der Waals surface area contributed by atoms with Gasteiger partial charge in [-0.15, -0.1) is 11.3 Å². The van der Waals surface area contributed by atoms with E-state index in [2.05, 4.69) is 18.7 Å². The van der Waals surface area contributed by atoms with Crippen molar-refractivity contribution >= 4 is 17.3 Å². The van der Waals surface area contributed by atoms with E-state index >= 15 is 0 Å². The van der Waals surface area contributed by atoms with Gasteiger partial charge in [-0.05, 0) is 36.8 Å². The van der Waals surface area contributed by atoms with Crippen molar-refractivity contribution in [2.24, 2.45) is 0 Å². The van der Waals surface area contributed by atoms with E-state index in [0.717, 1.165) is 31.4 Å².